The van der Waals surface area contributed by atoms with E-state index in [0.29, 0.717) is 30.0 Å². The van der Waals surface area contributed by atoms with Crippen LogP contribution in [0.1, 0.15) is 26.3 Å². The number of halogens is 1. The molecule has 19 heavy (non-hydrogen) atoms. The van der Waals surface area contributed by atoms with Gasteiger partial charge in [-0.05, 0) is 44.9 Å². The lowest BCUT2D eigenvalue weighted by atomic mass is 10.1. The minimum absolute atomic E-state index is 0.361. The van der Waals surface area contributed by atoms with Crippen LogP contribution >= 0.6 is 19.2 Å². The van der Waals surface area contributed by atoms with Crippen molar-refractivity contribution in [3.05, 3.63) is 46.2 Å². The predicted octanol–water partition coefficient (Wildman–Crippen LogP) is 5.05. The highest BCUT2D eigenvalue weighted by molar-refractivity contribution is 7.58. The van der Waals surface area contributed by atoms with E-state index in [1.54, 1.807) is 20.8 Å². The van der Waals surface area contributed by atoms with Crippen LogP contribution in [0.5, 0.6) is 0 Å². The molecule has 0 spiro atoms. The maximum atomic E-state index is 12.5. The first-order chi connectivity index (χ1) is 9.01. The molecule has 3 nitrogen and oxygen atoms in total. The zero-order valence-electron chi connectivity index (χ0n) is 11.6. The van der Waals surface area contributed by atoms with Gasteiger partial charge in [0, 0.05) is 10.3 Å². The van der Waals surface area contributed by atoms with Crippen LogP contribution < -0.4 is 0 Å². The summed E-state index contributed by atoms with van der Waals surface area (Å²) in [6, 6.07) is 7.58. The second-order valence-corrected chi connectivity index (χ2v) is 6.67. The van der Waals surface area contributed by atoms with Crippen LogP contribution in [0.25, 0.3) is 0 Å². The van der Waals surface area contributed by atoms with E-state index in [-0.39, 0.29) is 0 Å². The van der Waals surface area contributed by atoms with Gasteiger partial charge < -0.3 is 9.05 Å². The van der Waals surface area contributed by atoms with Gasteiger partial charge in [-0.2, -0.15) is 0 Å². The molecule has 0 N–H and O–H groups in total. The third kappa shape index (κ3) is 5.12. The molecule has 0 aliphatic carbocycles. The Kier molecular flexibility index (Phi) is 6.81. The summed E-state index contributed by atoms with van der Waals surface area (Å²) in [6.07, 6.45) is 2.52. The Labute approximate surface area is 120 Å². The molecule has 0 unspecified atom stereocenters. The van der Waals surface area contributed by atoms with Crippen molar-refractivity contribution in [3.63, 3.8) is 0 Å². The summed E-state index contributed by atoms with van der Waals surface area (Å²) < 4.78 is 23.0. The van der Waals surface area contributed by atoms with E-state index in [0.717, 1.165) is 5.56 Å². The van der Waals surface area contributed by atoms with E-state index in [9.17, 15) is 4.57 Å². The number of allylic oxidation sites excluding steroid dienone is 2. The Bertz CT molecular complexity index is 475. The molecule has 0 aliphatic heterocycles. The van der Waals surface area contributed by atoms with Crippen LogP contribution in [0.3, 0.4) is 0 Å². The molecule has 1 aromatic rings. The smallest absolute Gasteiger partial charge is 0.306 e. The molecule has 0 saturated carbocycles. The molecule has 0 aliphatic rings. The number of rotatable bonds is 7. The molecule has 0 bridgehead atoms. The van der Waals surface area contributed by atoms with Crippen LogP contribution in [0.2, 0.25) is 5.02 Å². The van der Waals surface area contributed by atoms with Crippen LogP contribution in [0.4, 0.5) is 0 Å². The van der Waals surface area contributed by atoms with Gasteiger partial charge in [0.1, 0.15) is 0 Å². The summed E-state index contributed by atoms with van der Waals surface area (Å²) in [5.74, 6) is 0. The zero-order chi connectivity index (χ0) is 14.3. The second kappa shape index (κ2) is 7.86. The maximum Gasteiger partial charge on any atom is 0.356 e. The van der Waals surface area contributed by atoms with Crippen molar-refractivity contribution in [2.24, 2.45) is 0 Å². The molecule has 106 valence electrons. The Balaban J connectivity index is 2.82. The van der Waals surface area contributed by atoms with Gasteiger partial charge in [-0.3, -0.25) is 4.57 Å². The Morgan fingerprint density at radius 1 is 1.32 bits per heavy atom. The van der Waals surface area contributed by atoms with Gasteiger partial charge in [0.15, 0.2) is 0 Å². The van der Waals surface area contributed by atoms with Gasteiger partial charge in [0.2, 0.25) is 0 Å². The monoisotopic (exact) mass is 302 g/mol. The van der Waals surface area contributed by atoms with Crippen LogP contribution in [-0.4, -0.2) is 13.2 Å². The van der Waals surface area contributed by atoms with Crippen LogP contribution in [-0.2, 0) is 20.0 Å². The van der Waals surface area contributed by atoms with Gasteiger partial charge in [-0.1, -0.05) is 29.8 Å². The van der Waals surface area contributed by atoms with Crippen LogP contribution in [0, 0.1) is 0 Å². The standard InChI is InChI=1S/C14H20ClO3P/c1-4-17-19(16,18-5-2)12(3)9-10-13-7-6-8-14(15)11-13/h6-9,11H,4-5,10H2,1-3H3/b12-9-. The normalized spacial score (nSPS) is 12.7. The summed E-state index contributed by atoms with van der Waals surface area (Å²) in [7, 11) is -3.13. The van der Waals surface area contributed by atoms with E-state index >= 15 is 0 Å². The van der Waals surface area contributed by atoms with Gasteiger partial charge in [-0.25, -0.2) is 0 Å². The minimum Gasteiger partial charge on any atom is -0.306 e. The van der Waals surface area contributed by atoms with Crippen LogP contribution in [0.15, 0.2) is 35.7 Å². The lowest BCUT2D eigenvalue weighted by Crippen LogP contribution is -1.97. The molecule has 1 aromatic carbocycles. The Morgan fingerprint density at radius 3 is 2.47 bits per heavy atom. The molecule has 0 radical (unpaired) electrons. The highest BCUT2D eigenvalue weighted by Crippen LogP contribution is 2.55. The van der Waals surface area contributed by atoms with E-state index in [1.165, 1.54) is 0 Å². The third-order valence-corrected chi connectivity index (χ3v) is 5.03. The maximum absolute atomic E-state index is 12.5. The number of hydrogen-bond donors (Lipinski definition) is 0. The van der Waals surface area contributed by atoms with E-state index in [4.69, 9.17) is 20.6 Å². The molecule has 0 heterocycles. The van der Waals surface area contributed by atoms with Crippen molar-refractivity contribution < 1.29 is 13.6 Å². The molecule has 0 atom stereocenters. The van der Waals surface area contributed by atoms with Crippen molar-refractivity contribution in [1.29, 1.82) is 0 Å². The number of benzene rings is 1. The second-order valence-electron chi connectivity index (χ2n) is 4.01. The van der Waals surface area contributed by atoms with Crippen molar-refractivity contribution >= 4 is 19.2 Å². The van der Waals surface area contributed by atoms with Gasteiger partial charge in [0.25, 0.3) is 0 Å². The highest BCUT2D eigenvalue weighted by Gasteiger charge is 2.25. The van der Waals surface area contributed by atoms with Gasteiger partial charge in [-0.15, -0.1) is 0 Å². The summed E-state index contributed by atoms with van der Waals surface area (Å²) >= 11 is 5.92. The largest absolute Gasteiger partial charge is 0.356 e. The summed E-state index contributed by atoms with van der Waals surface area (Å²) in [4.78, 5) is 0. The first-order valence-corrected chi connectivity index (χ1v) is 8.24. The molecular formula is C14H20ClO3P. The minimum atomic E-state index is -3.13. The molecule has 0 amide bonds. The lowest BCUT2D eigenvalue weighted by molar-refractivity contribution is 0.226. The zero-order valence-corrected chi connectivity index (χ0v) is 13.2. The van der Waals surface area contributed by atoms with E-state index in [1.807, 2.05) is 30.3 Å². The van der Waals surface area contributed by atoms with Gasteiger partial charge >= 0.3 is 7.60 Å². The third-order valence-electron chi connectivity index (χ3n) is 2.55. The summed E-state index contributed by atoms with van der Waals surface area (Å²) in [6.45, 7) is 6.10. The number of hydrogen-bond acceptors (Lipinski definition) is 3. The molecule has 1 rings (SSSR count). The quantitative estimate of drug-likeness (QED) is 0.661. The molecule has 0 aromatic heterocycles. The van der Waals surface area contributed by atoms with Crippen molar-refractivity contribution in [1.82, 2.24) is 0 Å². The lowest BCUT2D eigenvalue weighted by Gasteiger charge is -2.17. The SMILES string of the molecule is CCOP(=O)(OCC)/C(C)=C\Cc1cccc(Cl)c1. The average Bonchev–Trinajstić information content (AvgIpc) is 2.36. The average molecular weight is 303 g/mol. The van der Waals surface area contributed by atoms with Crippen molar-refractivity contribution in [2.45, 2.75) is 27.2 Å². The molecule has 0 saturated heterocycles. The van der Waals surface area contributed by atoms with E-state index < -0.39 is 7.60 Å². The molecular weight excluding hydrogens is 283 g/mol. The van der Waals surface area contributed by atoms with Gasteiger partial charge in [0.05, 0.1) is 13.2 Å². The fourth-order valence-corrected chi connectivity index (χ4v) is 3.31. The Morgan fingerprint density at radius 2 is 1.95 bits per heavy atom. The first kappa shape index (κ1) is 16.5. The first-order valence-electron chi connectivity index (χ1n) is 6.32. The molecule has 0 fully saturated rings. The fraction of sp³-hybridized carbons (Fsp3) is 0.429. The summed E-state index contributed by atoms with van der Waals surface area (Å²) in [5.41, 5.74) is 1.06. The molecule has 5 heteroatoms. The Hall–Kier alpha value is -0.600. The highest BCUT2D eigenvalue weighted by atomic mass is 35.5. The van der Waals surface area contributed by atoms with Crippen molar-refractivity contribution in [3.8, 4) is 0 Å². The van der Waals surface area contributed by atoms with E-state index in [2.05, 4.69) is 0 Å². The topological polar surface area (TPSA) is 35.5 Å². The summed E-state index contributed by atoms with van der Waals surface area (Å²) in [5, 5.41) is 1.33. The van der Waals surface area contributed by atoms with Crippen molar-refractivity contribution in [2.75, 3.05) is 13.2 Å². The fourth-order valence-electron chi connectivity index (χ4n) is 1.62. The predicted molar refractivity (Wildman–Crippen MR) is 79.8 cm³/mol.